The first-order valence-electron chi connectivity index (χ1n) is 14.5. The number of carbonyl (C=O) groups is 2. The lowest BCUT2D eigenvalue weighted by molar-refractivity contribution is -0.124. The molecule has 0 aromatic heterocycles. The number of anilines is 1. The van der Waals surface area contributed by atoms with Gasteiger partial charge >= 0.3 is 12.3 Å². The molecule has 4 atom stereocenters. The third kappa shape index (κ3) is 10.6. The molecule has 0 spiro atoms. The maximum absolute atomic E-state index is 15.0. The highest BCUT2D eigenvalue weighted by atomic mass is 32.2. The van der Waals surface area contributed by atoms with Crippen LogP contribution >= 0.6 is 0 Å². The first-order valence-corrected chi connectivity index (χ1v) is 16.0. The molecule has 8 nitrogen and oxygen atoms in total. The standard InChI is InChI=1S/C32H34F5N3O5S/c1-46(43)25-11-8-20(9-12-25)27(21-4-2-5-22(33)14-21)15-30(41)40-29-7-3-6-28(34)26(29)13-10-24-16-38-23(17-44-24)18-45-31(42)39-19-32(35,36)37/h2-9,11-12,14,23-24,27,38H,10,13,15-19H2,1H3,(H,39,42)(H,40,41). The molecule has 0 radical (unpaired) electrons. The van der Waals surface area contributed by atoms with E-state index in [9.17, 15) is 35.8 Å². The van der Waals surface area contributed by atoms with Gasteiger partial charge in [0.15, 0.2) is 0 Å². The fraction of sp³-hybridized carbons (Fsp3) is 0.375. The lowest BCUT2D eigenvalue weighted by Gasteiger charge is -2.30. The van der Waals surface area contributed by atoms with E-state index >= 15 is 0 Å². The molecular weight excluding hydrogens is 633 g/mol. The average molecular weight is 668 g/mol. The summed E-state index contributed by atoms with van der Waals surface area (Å²) >= 11 is 0. The van der Waals surface area contributed by atoms with Gasteiger partial charge in [-0.1, -0.05) is 30.3 Å². The van der Waals surface area contributed by atoms with Crippen molar-refractivity contribution < 1.29 is 45.2 Å². The Bertz CT molecular complexity index is 1510. The van der Waals surface area contributed by atoms with Crippen LogP contribution in [0.3, 0.4) is 0 Å². The number of ether oxygens (including phenoxy) is 2. The number of morpholine rings is 1. The molecule has 1 aliphatic heterocycles. The molecule has 3 aromatic rings. The number of hydrogen-bond acceptors (Lipinski definition) is 6. The number of amides is 2. The summed E-state index contributed by atoms with van der Waals surface area (Å²) in [7, 11) is -1.19. The van der Waals surface area contributed by atoms with Gasteiger partial charge in [0.05, 0.1) is 18.8 Å². The molecule has 14 heteroatoms. The molecule has 3 N–H and O–H groups in total. The van der Waals surface area contributed by atoms with Crippen LogP contribution in [0, 0.1) is 11.6 Å². The zero-order valence-electron chi connectivity index (χ0n) is 24.9. The van der Waals surface area contributed by atoms with Crippen molar-refractivity contribution in [1.82, 2.24) is 10.6 Å². The average Bonchev–Trinajstić information content (AvgIpc) is 3.01. The molecule has 4 rings (SSSR count). The molecule has 1 heterocycles. The Morgan fingerprint density at radius 2 is 1.80 bits per heavy atom. The molecule has 1 saturated heterocycles. The SMILES string of the molecule is CS(=O)c1ccc(C(CC(=O)Nc2cccc(F)c2CCC2CNC(COC(=O)NCC(F)(F)F)CO2)c2cccc(F)c2)cc1. The van der Waals surface area contributed by atoms with E-state index in [0.717, 1.165) is 5.56 Å². The van der Waals surface area contributed by atoms with Crippen molar-refractivity contribution in [3.63, 3.8) is 0 Å². The Morgan fingerprint density at radius 3 is 2.46 bits per heavy atom. The summed E-state index contributed by atoms with van der Waals surface area (Å²) in [4.78, 5) is 25.4. The normalized spacial score (nSPS) is 18.0. The topological polar surface area (TPSA) is 106 Å². The van der Waals surface area contributed by atoms with E-state index in [1.54, 1.807) is 54.0 Å². The zero-order chi connectivity index (χ0) is 33.3. The number of rotatable bonds is 12. The van der Waals surface area contributed by atoms with Gasteiger partial charge in [-0.05, 0) is 60.4 Å². The molecule has 46 heavy (non-hydrogen) atoms. The third-order valence-corrected chi connectivity index (χ3v) is 8.32. The second kappa shape index (κ2) is 16.1. The molecule has 248 valence electrons. The summed E-state index contributed by atoms with van der Waals surface area (Å²) < 4.78 is 88.2. The van der Waals surface area contributed by atoms with Crippen molar-refractivity contribution in [3.8, 4) is 0 Å². The zero-order valence-corrected chi connectivity index (χ0v) is 25.7. The van der Waals surface area contributed by atoms with Gasteiger partial charge in [-0.25, -0.2) is 13.6 Å². The number of hydrogen-bond donors (Lipinski definition) is 3. The van der Waals surface area contributed by atoms with Crippen molar-refractivity contribution in [2.45, 2.75) is 48.4 Å². The van der Waals surface area contributed by atoms with E-state index in [1.807, 2.05) is 0 Å². The highest BCUT2D eigenvalue weighted by Gasteiger charge is 2.29. The number of alkyl carbamates (subject to hydrolysis) is 1. The smallest absolute Gasteiger partial charge is 0.407 e. The highest BCUT2D eigenvalue weighted by molar-refractivity contribution is 7.84. The lowest BCUT2D eigenvalue weighted by atomic mass is 9.88. The van der Waals surface area contributed by atoms with Gasteiger partial charge < -0.3 is 25.4 Å². The van der Waals surface area contributed by atoms with Crippen LogP contribution in [0.4, 0.5) is 32.4 Å². The number of carbonyl (C=O) groups excluding carboxylic acids is 2. The van der Waals surface area contributed by atoms with E-state index in [2.05, 4.69) is 10.6 Å². The van der Waals surface area contributed by atoms with Crippen LogP contribution < -0.4 is 16.0 Å². The van der Waals surface area contributed by atoms with Crippen molar-refractivity contribution in [2.24, 2.45) is 0 Å². The molecule has 2 amide bonds. The van der Waals surface area contributed by atoms with E-state index in [-0.39, 0.29) is 37.7 Å². The van der Waals surface area contributed by atoms with E-state index < -0.39 is 59.1 Å². The number of halogens is 5. The molecule has 4 unspecified atom stereocenters. The maximum atomic E-state index is 15.0. The fourth-order valence-electron chi connectivity index (χ4n) is 5.03. The van der Waals surface area contributed by atoms with E-state index in [1.165, 1.54) is 24.3 Å². The van der Waals surface area contributed by atoms with Crippen LogP contribution in [0.5, 0.6) is 0 Å². The lowest BCUT2D eigenvalue weighted by Crippen LogP contribution is -2.49. The molecule has 1 aliphatic rings. The summed E-state index contributed by atoms with van der Waals surface area (Å²) in [6.45, 7) is -1.24. The molecule has 1 fully saturated rings. The van der Waals surface area contributed by atoms with Crippen molar-refractivity contribution in [2.75, 3.05) is 37.9 Å². The Balaban J connectivity index is 1.34. The molecule has 0 bridgehead atoms. The number of benzene rings is 3. The Labute approximate surface area is 265 Å². The van der Waals surface area contributed by atoms with Crippen molar-refractivity contribution >= 4 is 28.5 Å². The van der Waals surface area contributed by atoms with Crippen LogP contribution in [-0.2, 0) is 31.5 Å². The van der Waals surface area contributed by atoms with Crippen LogP contribution in [0.2, 0.25) is 0 Å². The van der Waals surface area contributed by atoms with Gasteiger partial charge in [-0.15, -0.1) is 0 Å². The summed E-state index contributed by atoms with van der Waals surface area (Å²) in [5.41, 5.74) is 1.87. The monoisotopic (exact) mass is 667 g/mol. The van der Waals surface area contributed by atoms with E-state index in [0.29, 0.717) is 29.1 Å². The quantitative estimate of drug-likeness (QED) is 0.222. The predicted molar refractivity (Wildman–Crippen MR) is 162 cm³/mol. The van der Waals surface area contributed by atoms with Crippen LogP contribution in [0.1, 0.15) is 35.4 Å². The van der Waals surface area contributed by atoms with Gasteiger partial charge in [0.1, 0.15) is 24.8 Å². The maximum Gasteiger partial charge on any atom is 0.407 e. The highest BCUT2D eigenvalue weighted by Crippen LogP contribution is 2.31. The molecule has 0 aliphatic carbocycles. The molecule has 3 aromatic carbocycles. The fourth-order valence-corrected chi connectivity index (χ4v) is 5.54. The molecule has 0 saturated carbocycles. The van der Waals surface area contributed by atoms with Gasteiger partial charge in [-0.2, -0.15) is 13.2 Å². The largest absolute Gasteiger partial charge is 0.448 e. The minimum Gasteiger partial charge on any atom is -0.448 e. The van der Waals surface area contributed by atoms with Crippen LogP contribution in [0.25, 0.3) is 0 Å². The first-order chi connectivity index (χ1) is 21.9. The summed E-state index contributed by atoms with van der Waals surface area (Å²) in [5.74, 6) is -1.91. The minimum absolute atomic E-state index is 0.0681. The summed E-state index contributed by atoms with van der Waals surface area (Å²) in [6, 6.07) is 16.8. The van der Waals surface area contributed by atoms with Crippen LogP contribution in [0.15, 0.2) is 71.6 Å². The minimum atomic E-state index is -4.55. The van der Waals surface area contributed by atoms with Crippen LogP contribution in [-0.4, -0.2) is 67.1 Å². The number of nitrogens with one attached hydrogen (secondary N) is 3. The Morgan fingerprint density at radius 1 is 1.07 bits per heavy atom. The van der Waals surface area contributed by atoms with Gasteiger partial charge in [0.25, 0.3) is 0 Å². The first kappa shape index (κ1) is 35.0. The van der Waals surface area contributed by atoms with E-state index in [4.69, 9.17) is 9.47 Å². The second-order valence-electron chi connectivity index (χ2n) is 10.8. The third-order valence-electron chi connectivity index (χ3n) is 7.38. The Hall–Kier alpha value is -3.88. The summed E-state index contributed by atoms with van der Waals surface area (Å²) in [6.07, 6.45) is -3.98. The molecular formula is C32H34F5N3O5S. The van der Waals surface area contributed by atoms with Gasteiger partial charge in [-0.3, -0.25) is 9.00 Å². The van der Waals surface area contributed by atoms with Gasteiger partial charge in [0.2, 0.25) is 5.91 Å². The number of alkyl halides is 3. The van der Waals surface area contributed by atoms with Crippen molar-refractivity contribution in [3.05, 3.63) is 95.1 Å². The predicted octanol–water partition coefficient (Wildman–Crippen LogP) is 5.44. The van der Waals surface area contributed by atoms with Gasteiger partial charge in [0, 0.05) is 52.1 Å². The Kier molecular flexibility index (Phi) is 12.2. The second-order valence-corrected chi connectivity index (χ2v) is 12.2. The summed E-state index contributed by atoms with van der Waals surface area (Å²) in [5, 5.41) is 7.53. The van der Waals surface area contributed by atoms with Crippen molar-refractivity contribution in [1.29, 1.82) is 0 Å².